The lowest BCUT2D eigenvalue weighted by atomic mass is 9.92. The van der Waals surface area contributed by atoms with Crippen LogP contribution in [0.1, 0.15) is 27.9 Å². The number of hydrogen-bond acceptors (Lipinski definition) is 7. The fraction of sp³-hybridized carbons (Fsp3) is 0.128. The molecule has 1 aliphatic rings. The molecule has 7 rings (SSSR count). The first-order valence-corrected chi connectivity index (χ1v) is 17.9. The Morgan fingerprint density at radius 3 is 2.36 bits per heavy atom. The Morgan fingerprint density at radius 1 is 0.849 bits per heavy atom. The molecule has 0 bridgehead atoms. The van der Waals surface area contributed by atoms with Crippen LogP contribution < -0.4 is 14.8 Å². The van der Waals surface area contributed by atoms with Gasteiger partial charge in [0.15, 0.2) is 0 Å². The molecule has 0 radical (unpaired) electrons. The van der Waals surface area contributed by atoms with Gasteiger partial charge in [0.25, 0.3) is 15.9 Å². The van der Waals surface area contributed by atoms with Gasteiger partial charge in [0, 0.05) is 41.4 Å². The van der Waals surface area contributed by atoms with E-state index in [2.05, 4.69) is 20.0 Å². The molecule has 0 aliphatic carbocycles. The SMILES string of the molecule is O=C(N[C@@H](Cc1ccc(-c2cccc3c2OCCC3)c2ncccc12)C(=O)O)c1c(F)cc(NS(=O)(=O)c2ccc(-c3ccnc(F)c3)cc2)cc1F. The Kier molecular flexibility index (Phi) is 9.54. The standard InChI is InChI=1S/C39H29F3N4O6S/c40-31-20-26(46-53(50,51)27-11-8-22(9-12-27)24-14-16-43-34(42)19-24)21-32(41)35(31)38(47)45-33(39(48)49)18-25-10-13-29(36-28(25)7-2-15-44-36)30-6-1-4-23-5-3-17-52-37(23)30/h1-2,4,6-16,19-21,33,46H,3,5,17-18H2,(H,45,47)(H,48,49)/t33-/m0/s1. The minimum Gasteiger partial charge on any atom is -0.493 e. The van der Waals surface area contributed by atoms with Gasteiger partial charge >= 0.3 is 5.97 Å². The number of nitrogens with one attached hydrogen (secondary N) is 2. The third-order valence-electron chi connectivity index (χ3n) is 8.86. The molecule has 10 nitrogen and oxygen atoms in total. The van der Waals surface area contributed by atoms with Gasteiger partial charge in [-0.05, 0) is 71.5 Å². The second-order valence-corrected chi connectivity index (χ2v) is 14.0. The van der Waals surface area contributed by atoms with Gasteiger partial charge < -0.3 is 15.2 Å². The van der Waals surface area contributed by atoms with E-state index in [-0.39, 0.29) is 11.3 Å². The maximum absolute atomic E-state index is 15.3. The summed E-state index contributed by atoms with van der Waals surface area (Å²) in [6, 6.07) is 20.5. The molecule has 1 atom stereocenters. The minimum absolute atomic E-state index is 0.247. The quantitative estimate of drug-likeness (QED) is 0.128. The van der Waals surface area contributed by atoms with Gasteiger partial charge in [0.2, 0.25) is 5.95 Å². The summed E-state index contributed by atoms with van der Waals surface area (Å²) in [6.07, 6.45) is 4.41. The predicted octanol–water partition coefficient (Wildman–Crippen LogP) is 6.93. The van der Waals surface area contributed by atoms with Gasteiger partial charge in [-0.25, -0.2) is 27.0 Å². The zero-order valence-electron chi connectivity index (χ0n) is 27.6. The molecule has 0 spiro atoms. The van der Waals surface area contributed by atoms with Gasteiger partial charge in [-0.3, -0.25) is 14.5 Å². The number of halogens is 3. The largest absolute Gasteiger partial charge is 0.493 e. The summed E-state index contributed by atoms with van der Waals surface area (Å²) >= 11 is 0. The molecule has 0 fully saturated rings. The Morgan fingerprint density at radius 2 is 1.62 bits per heavy atom. The van der Waals surface area contributed by atoms with Gasteiger partial charge in [-0.2, -0.15) is 4.39 Å². The molecule has 3 heterocycles. The van der Waals surface area contributed by atoms with Crippen molar-refractivity contribution in [3.8, 4) is 28.0 Å². The molecule has 3 N–H and O–H groups in total. The summed E-state index contributed by atoms with van der Waals surface area (Å²) in [5.41, 5.74) is 3.13. The van der Waals surface area contributed by atoms with E-state index in [9.17, 15) is 27.5 Å². The van der Waals surface area contributed by atoms with Crippen LogP contribution in [0.4, 0.5) is 18.9 Å². The number of hydrogen-bond donors (Lipinski definition) is 3. The number of benzene rings is 4. The number of para-hydroxylation sites is 1. The minimum atomic E-state index is -4.36. The summed E-state index contributed by atoms with van der Waals surface area (Å²) < 4.78 is 78.2. The third-order valence-corrected chi connectivity index (χ3v) is 10.3. The monoisotopic (exact) mass is 738 g/mol. The number of anilines is 1. The summed E-state index contributed by atoms with van der Waals surface area (Å²) in [5, 5.41) is 12.9. The normalized spacial score (nSPS) is 13.1. The highest BCUT2D eigenvalue weighted by molar-refractivity contribution is 7.92. The number of carbonyl (C=O) groups is 2. The van der Waals surface area contributed by atoms with E-state index in [4.69, 9.17) is 4.74 Å². The molecule has 0 saturated carbocycles. The zero-order chi connectivity index (χ0) is 37.3. The van der Waals surface area contributed by atoms with E-state index < -0.39 is 56.8 Å². The first-order chi connectivity index (χ1) is 25.5. The lowest BCUT2D eigenvalue weighted by Crippen LogP contribution is -2.43. The third kappa shape index (κ3) is 7.26. The summed E-state index contributed by atoms with van der Waals surface area (Å²) in [4.78, 5) is 33.3. The Bertz CT molecular complexity index is 2490. The highest BCUT2D eigenvalue weighted by atomic mass is 32.2. The van der Waals surface area contributed by atoms with Gasteiger partial charge in [-0.1, -0.05) is 48.5 Å². The number of ether oxygens (including phenoxy) is 1. The van der Waals surface area contributed by atoms with Crippen LogP contribution in [0.3, 0.4) is 0 Å². The number of carboxylic acids is 1. The van der Waals surface area contributed by atoms with Crippen LogP contribution in [0.25, 0.3) is 33.2 Å². The summed E-state index contributed by atoms with van der Waals surface area (Å²) in [5.74, 6) is -5.59. The van der Waals surface area contributed by atoms with E-state index in [1.165, 1.54) is 42.6 Å². The molecule has 14 heteroatoms. The molecule has 2 aromatic heterocycles. The van der Waals surface area contributed by atoms with Crippen LogP contribution in [0, 0.1) is 17.6 Å². The van der Waals surface area contributed by atoms with Crippen molar-refractivity contribution in [1.29, 1.82) is 0 Å². The molecular formula is C39H29F3N4O6S. The topological polar surface area (TPSA) is 148 Å². The van der Waals surface area contributed by atoms with Gasteiger partial charge in [0.1, 0.15) is 29.0 Å². The van der Waals surface area contributed by atoms with Crippen molar-refractivity contribution in [1.82, 2.24) is 15.3 Å². The van der Waals surface area contributed by atoms with Crippen molar-refractivity contribution in [2.45, 2.75) is 30.2 Å². The molecule has 0 saturated heterocycles. The molecule has 268 valence electrons. The maximum atomic E-state index is 15.3. The van der Waals surface area contributed by atoms with Crippen LogP contribution in [0.5, 0.6) is 5.75 Å². The van der Waals surface area contributed by atoms with E-state index in [0.29, 0.717) is 46.3 Å². The number of carboxylic acid groups (broad SMARTS) is 1. The molecule has 1 aliphatic heterocycles. The van der Waals surface area contributed by atoms with Crippen molar-refractivity contribution in [2.75, 3.05) is 11.3 Å². The Hall–Kier alpha value is -6.28. The van der Waals surface area contributed by atoms with Crippen molar-refractivity contribution >= 4 is 38.5 Å². The summed E-state index contributed by atoms with van der Waals surface area (Å²) in [6.45, 7) is 0.584. The van der Waals surface area contributed by atoms with Crippen molar-refractivity contribution in [3.05, 3.63) is 138 Å². The van der Waals surface area contributed by atoms with E-state index in [1.807, 2.05) is 18.2 Å². The average Bonchev–Trinajstić information content (AvgIpc) is 3.14. The average molecular weight is 739 g/mol. The molecule has 4 aromatic carbocycles. The lowest BCUT2D eigenvalue weighted by Gasteiger charge is -2.21. The van der Waals surface area contributed by atoms with E-state index in [1.54, 1.807) is 30.5 Å². The van der Waals surface area contributed by atoms with Crippen LogP contribution in [-0.2, 0) is 27.7 Å². The number of carbonyl (C=O) groups excluding carboxylic acids is 1. The first-order valence-electron chi connectivity index (χ1n) is 16.4. The van der Waals surface area contributed by atoms with Crippen LogP contribution in [0.15, 0.2) is 108 Å². The van der Waals surface area contributed by atoms with Crippen LogP contribution >= 0.6 is 0 Å². The highest BCUT2D eigenvalue weighted by Gasteiger charge is 2.28. The van der Waals surface area contributed by atoms with Gasteiger partial charge in [0.05, 0.1) is 22.7 Å². The highest BCUT2D eigenvalue weighted by Crippen LogP contribution is 2.39. The second-order valence-electron chi connectivity index (χ2n) is 12.3. The van der Waals surface area contributed by atoms with Crippen molar-refractivity contribution < 1.29 is 41.0 Å². The number of fused-ring (bicyclic) bond motifs is 2. The predicted molar refractivity (Wildman–Crippen MR) is 190 cm³/mol. The smallest absolute Gasteiger partial charge is 0.326 e. The second kappa shape index (κ2) is 14.4. The molecule has 1 amide bonds. The first kappa shape index (κ1) is 35.1. The number of amides is 1. The van der Waals surface area contributed by atoms with Crippen LogP contribution in [-0.4, -0.2) is 48.0 Å². The molecular weight excluding hydrogens is 710 g/mol. The number of aliphatic carboxylic acids is 1. The lowest BCUT2D eigenvalue weighted by molar-refractivity contribution is -0.139. The van der Waals surface area contributed by atoms with Crippen LogP contribution in [0.2, 0.25) is 0 Å². The van der Waals surface area contributed by atoms with E-state index >= 15 is 8.78 Å². The Balaban J connectivity index is 1.10. The number of pyridine rings is 2. The molecule has 6 aromatic rings. The van der Waals surface area contributed by atoms with Crippen molar-refractivity contribution in [3.63, 3.8) is 0 Å². The fourth-order valence-electron chi connectivity index (χ4n) is 6.35. The number of rotatable bonds is 10. The number of aromatic nitrogens is 2. The van der Waals surface area contributed by atoms with Crippen molar-refractivity contribution in [2.24, 2.45) is 0 Å². The van der Waals surface area contributed by atoms with Gasteiger partial charge in [-0.15, -0.1) is 0 Å². The number of nitrogens with zero attached hydrogens (tertiary/aromatic N) is 2. The number of sulfonamides is 1. The Labute approximate surface area is 301 Å². The maximum Gasteiger partial charge on any atom is 0.326 e. The molecule has 53 heavy (non-hydrogen) atoms. The molecule has 0 unspecified atom stereocenters. The number of aryl methyl sites for hydroxylation is 1. The van der Waals surface area contributed by atoms with E-state index in [0.717, 1.165) is 35.3 Å². The zero-order valence-corrected chi connectivity index (χ0v) is 28.5. The summed E-state index contributed by atoms with van der Waals surface area (Å²) in [7, 11) is -4.36. The fourth-order valence-corrected chi connectivity index (χ4v) is 7.39.